The quantitative estimate of drug-likeness (QED) is 0.881. The molecular weight excluding hydrogens is 240 g/mol. The van der Waals surface area contributed by atoms with Crippen LogP contribution in [0.4, 0.5) is 0 Å². The molecule has 1 aromatic rings. The number of carbonyl (C=O) groups excluding carboxylic acids is 1. The summed E-state index contributed by atoms with van der Waals surface area (Å²) in [6.45, 7) is 8.55. The van der Waals surface area contributed by atoms with Gasteiger partial charge in [0.2, 0.25) is 5.91 Å². The van der Waals surface area contributed by atoms with Gasteiger partial charge in [-0.3, -0.25) is 4.79 Å². The highest BCUT2D eigenvalue weighted by atomic mass is 16.2. The highest BCUT2D eigenvalue weighted by molar-refractivity contribution is 5.80. The van der Waals surface area contributed by atoms with Crippen molar-refractivity contribution in [3.05, 3.63) is 18.2 Å². The van der Waals surface area contributed by atoms with Crippen molar-refractivity contribution < 1.29 is 4.79 Å². The minimum absolute atomic E-state index is 0.169. The lowest BCUT2D eigenvalue weighted by Gasteiger charge is -2.25. The van der Waals surface area contributed by atoms with Crippen molar-refractivity contribution in [3.63, 3.8) is 0 Å². The van der Waals surface area contributed by atoms with Crippen molar-refractivity contribution in [2.75, 3.05) is 19.6 Å². The van der Waals surface area contributed by atoms with E-state index >= 15 is 0 Å². The van der Waals surface area contributed by atoms with Crippen LogP contribution in [0.5, 0.6) is 0 Å². The molecule has 1 aliphatic rings. The zero-order chi connectivity index (χ0) is 13.8. The van der Waals surface area contributed by atoms with Gasteiger partial charge in [0.25, 0.3) is 0 Å². The van der Waals surface area contributed by atoms with E-state index in [9.17, 15) is 4.79 Å². The smallest absolute Gasteiger partial charge is 0.245 e. The first-order chi connectivity index (χ1) is 9.19. The van der Waals surface area contributed by atoms with Gasteiger partial charge in [0.15, 0.2) is 0 Å². The van der Waals surface area contributed by atoms with Crippen LogP contribution in [0.25, 0.3) is 0 Å². The second kappa shape index (κ2) is 6.19. The summed E-state index contributed by atoms with van der Waals surface area (Å²) in [5, 5.41) is 3.46. The summed E-state index contributed by atoms with van der Waals surface area (Å²) in [5.74, 6) is 0.169. The van der Waals surface area contributed by atoms with Crippen molar-refractivity contribution in [2.45, 2.75) is 45.7 Å². The van der Waals surface area contributed by atoms with Crippen molar-refractivity contribution in [1.29, 1.82) is 0 Å². The Morgan fingerprint density at radius 3 is 2.89 bits per heavy atom. The molecule has 2 atom stereocenters. The summed E-state index contributed by atoms with van der Waals surface area (Å²) in [6, 6.07) is 0.161. The van der Waals surface area contributed by atoms with E-state index in [0.717, 1.165) is 31.7 Å². The third kappa shape index (κ3) is 2.81. The van der Waals surface area contributed by atoms with Crippen LogP contribution >= 0.6 is 0 Å². The van der Waals surface area contributed by atoms with E-state index in [1.165, 1.54) is 6.42 Å². The summed E-state index contributed by atoms with van der Waals surface area (Å²) in [6.07, 6.45) is 5.97. The van der Waals surface area contributed by atoms with E-state index in [-0.39, 0.29) is 11.9 Å². The largest absolute Gasteiger partial charge is 0.341 e. The number of amides is 1. The summed E-state index contributed by atoms with van der Waals surface area (Å²) >= 11 is 0. The SMILES string of the molecule is CCN(CC)C(=O)C(C)n1cncc1C1CCCN1. The lowest BCUT2D eigenvalue weighted by molar-refractivity contribution is -0.133. The molecule has 2 unspecified atom stereocenters. The molecule has 2 rings (SSSR count). The molecule has 0 aliphatic carbocycles. The Morgan fingerprint density at radius 2 is 2.32 bits per heavy atom. The third-order valence-corrected chi connectivity index (χ3v) is 3.96. The minimum atomic E-state index is -0.181. The average Bonchev–Trinajstić information content (AvgIpc) is 3.09. The van der Waals surface area contributed by atoms with E-state index in [2.05, 4.69) is 10.3 Å². The van der Waals surface area contributed by atoms with Crippen molar-refractivity contribution >= 4 is 5.91 Å². The Morgan fingerprint density at radius 1 is 1.58 bits per heavy atom. The van der Waals surface area contributed by atoms with E-state index in [1.807, 2.05) is 36.4 Å². The van der Waals surface area contributed by atoms with Crippen molar-refractivity contribution in [3.8, 4) is 0 Å². The Hall–Kier alpha value is -1.36. The Bertz CT molecular complexity index is 419. The fourth-order valence-corrected chi connectivity index (χ4v) is 2.76. The lowest BCUT2D eigenvalue weighted by Crippen LogP contribution is -2.36. The fraction of sp³-hybridized carbons (Fsp3) is 0.714. The maximum Gasteiger partial charge on any atom is 0.245 e. The molecule has 5 nitrogen and oxygen atoms in total. The van der Waals surface area contributed by atoms with Gasteiger partial charge in [0, 0.05) is 25.3 Å². The topological polar surface area (TPSA) is 50.2 Å². The predicted molar refractivity (Wildman–Crippen MR) is 74.8 cm³/mol. The summed E-state index contributed by atoms with van der Waals surface area (Å²) in [4.78, 5) is 18.5. The average molecular weight is 264 g/mol. The second-order valence-electron chi connectivity index (χ2n) is 5.06. The Kier molecular flexibility index (Phi) is 4.58. The van der Waals surface area contributed by atoms with E-state index in [1.54, 1.807) is 6.33 Å². The third-order valence-electron chi connectivity index (χ3n) is 3.96. The number of imidazole rings is 1. The highest BCUT2D eigenvalue weighted by Gasteiger charge is 2.26. The van der Waals surface area contributed by atoms with Crippen LogP contribution in [0.15, 0.2) is 12.5 Å². The fourth-order valence-electron chi connectivity index (χ4n) is 2.76. The molecule has 1 saturated heterocycles. The van der Waals surface area contributed by atoms with Gasteiger partial charge in [0.1, 0.15) is 6.04 Å². The van der Waals surface area contributed by atoms with E-state index in [4.69, 9.17) is 0 Å². The van der Waals surface area contributed by atoms with Gasteiger partial charge in [-0.25, -0.2) is 4.98 Å². The molecular formula is C14H24N4O. The number of hydrogen-bond donors (Lipinski definition) is 1. The maximum atomic E-state index is 12.4. The predicted octanol–water partition coefficient (Wildman–Crippen LogP) is 1.74. The number of hydrogen-bond acceptors (Lipinski definition) is 3. The molecule has 1 aliphatic heterocycles. The number of carbonyl (C=O) groups is 1. The molecule has 1 aromatic heterocycles. The first-order valence-electron chi connectivity index (χ1n) is 7.22. The molecule has 0 aromatic carbocycles. The number of nitrogens with one attached hydrogen (secondary N) is 1. The number of likely N-dealkylation sites (N-methyl/N-ethyl adjacent to an activating group) is 1. The van der Waals surface area contributed by atoms with Gasteiger partial charge in [-0.1, -0.05) is 0 Å². The number of nitrogens with zero attached hydrogens (tertiary/aromatic N) is 3. The van der Waals surface area contributed by atoms with Crippen LogP contribution < -0.4 is 5.32 Å². The monoisotopic (exact) mass is 264 g/mol. The Labute approximate surface area is 115 Å². The second-order valence-corrected chi connectivity index (χ2v) is 5.06. The number of rotatable bonds is 5. The van der Waals surface area contributed by atoms with E-state index in [0.29, 0.717) is 6.04 Å². The molecule has 0 bridgehead atoms. The molecule has 0 radical (unpaired) electrons. The normalized spacial score (nSPS) is 20.5. The van der Waals surface area contributed by atoms with Gasteiger partial charge in [-0.2, -0.15) is 0 Å². The van der Waals surface area contributed by atoms with Gasteiger partial charge >= 0.3 is 0 Å². The lowest BCUT2D eigenvalue weighted by atomic mass is 10.1. The van der Waals surface area contributed by atoms with Gasteiger partial charge < -0.3 is 14.8 Å². The Balaban J connectivity index is 2.17. The molecule has 0 saturated carbocycles. The van der Waals surface area contributed by atoms with E-state index < -0.39 is 0 Å². The van der Waals surface area contributed by atoms with Gasteiger partial charge in [0.05, 0.1) is 12.0 Å². The summed E-state index contributed by atoms with van der Waals surface area (Å²) in [7, 11) is 0. The standard InChI is InChI=1S/C14H24N4O/c1-4-17(5-2)14(19)11(3)18-10-15-9-13(18)12-7-6-8-16-12/h9-12,16H,4-8H2,1-3H3. The minimum Gasteiger partial charge on any atom is -0.341 e. The van der Waals surface area contributed by atoms with Crippen molar-refractivity contribution in [1.82, 2.24) is 19.8 Å². The van der Waals surface area contributed by atoms with Gasteiger partial charge in [-0.15, -0.1) is 0 Å². The van der Waals surface area contributed by atoms with Crippen LogP contribution in [0, 0.1) is 0 Å². The first-order valence-corrected chi connectivity index (χ1v) is 7.22. The van der Waals surface area contributed by atoms with Crippen LogP contribution in [0.1, 0.15) is 51.4 Å². The summed E-state index contributed by atoms with van der Waals surface area (Å²) < 4.78 is 2.02. The number of aromatic nitrogens is 2. The van der Waals surface area contributed by atoms with Crippen LogP contribution in [-0.4, -0.2) is 40.0 Å². The maximum absolute atomic E-state index is 12.4. The zero-order valence-corrected chi connectivity index (χ0v) is 12.1. The molecule has 19 heavy (non-hydrogen) atoms. The van der Waals surface area contributed by atoms with Gasteiger partial charge in [-0.05, 0) is 40.2 Å². The molecule has 1 N–H and O–H groups in total. The zero-order valence-electron chi connectivity index (χ0n) is 12.1. The first kappa shape index (κ1) is 14.1. The molecule has 1 fully saturated rings. The molecule has 2 heterocycles. The highest BCUT2D eigenvalue weighted by Crippen LogP contribution is 2.25. The summed E-state index contributed by atoms with van der Waals surface area (Å²) in [5.41, 5.74) is 1.13. The van der Waals surface area contributed by atoms with Crippen LogP contribution in [0.2, 0.25) is 0 Å². The molecule has 0 spiro atoms. The molecule has 106 valence electrons. The van der Waals surface area contributed by atoms with Crippen LogP contribution in [-0.2, 0) is 4.79 Å². The van der Waals surface area contributed by atoms with Crippen LogP contribution in [0.3, 0.4) is 0 Å². The van der Waals surface area contributed by atoms with Crippen molar-refractivity contribution in [2.24, 2.45) is 0 Å². The molecule has 1 amide bonds. The molecule has 5 heteroatoms.